The number of carbonyl (C=O) groups excluding carboxylic acids is 1. The number of nitrogens with one attached hydrogen (secondary N) is 1. The lowest BCUT2D eigenvalue weighted by atomic mass is 9.53. The molecule has 4 saturated carbocycles. The summed E-state index contributed by atoms with van der Waals surface area (Å²) in [5.41, 5.74) is 3.27. The lowest BCUT2D eigenvalue weighted by molar-refractivity contribution is -0.126. The molecule has 2 aromatic carbocycles. The van der Waals surface area contributed by atoms with Gasteiger partial charge in [0.05, 0.1) is 11.0 Å². The zero-order valence-electron chi connectivity index (χ0n) is 17.4. The van der Waals surface area contributed by atoms with E-state index in [1.54, 1.807) is 0 Å². The van der Waals surface area contributed by atoms with E-state index >= 15 is 0 Å². The lowest BCUT2D eigenvalue weighted by Crippen LogP contribution is -2.59. The van der Waals surface area contributed by atoms with Gasteiger partial charge in [0.15, 0.2) is 0 Å². The van der Waals surface area contributed by atoms with Crippen LogP contribution in [-0.4, -0.2) is 21.0 Å². The van der Waals surface area contributed by atoms with Crippen LogP contribution in [0.1, 0.15) is 50.8 Å². The second kappa shape index (κ2) is 6.97. The Balaban J connectivity index is 1.22. The molecule has 4 aliphatic rings. The first-order chi connectivity index (χ1) is 14.7. The van der Waals surface area contributed by atoms with E-state index in [0.29, 0.717) is 12.8 Å². The Kier molecular flexibility index (Phi) is 4.22. The van der Waals surface area contributed by atoms with Gasteiger partial charge in [-0.15, -0.1) is 0 Å². The minimum Gasteiger partial charge on any atom is -0.351 e. The van der Waals surface area contributed by atoms with Crippen LogP contribution in [0.5, 0.6) is 0 Å². The highest BCUT2D eigenvalue weighted by molar-refractivity contribution is 5.79. The van der Waals surface area contributed by atoms with Crippen LogP contribution >= 0.6 is 0 Å². The van der Waals surface area contributed by atoms with Gasteiger partial charge >= 0.3 is 0 Å². The number of amides is 1. The fourth-order valence-electron chi connectivity index (χ4n) is 6.96. The Morgan fingerprint density at radius 1 is 0.933 bits per heavy atom. The van der Waals surface area contributed by atoms with Crippen LogP contribution in [0.25, 0.3) is 16.7 Å². The van der Waals surface area contributed by atoms with E-state index in [1.165, 1.54) is 38.5 Å². The Morgan fingerprint density at radius 3 is 2.27 bits per heavy atom. The van der Waals surface area contributed by atoms with Gasteiger partial charge in [0, 0.05) is 24.1 Å². The maximum atomic E-state index is 13.0. The van der Waals surface area contributed by atoms with Crippen molar-refractivity contribution < 1.29 is 4.79 Å². The summed E-state index contributed by atoms with van der Waals surface area (Å²) < 4.78 is 2.20. The maximum Gasteiger partial charge on any atom is 0.220 e. The minimum absolute atomic E-state index is 0.0887. The number of carbonyl (C=O) groups is 1. The summed E-state index contributed by atoms with van der Waals surface area (Å²) in [6.45, 7) is 0. The lowest BCUT2D eigenvalue weighted by Gasteiger charge is -2.56. The van der Waals surface area contributed by atoms with Gasteiger partial charge in [0.25, 0.3) is 0 Å². The molecule has 30 heavy (non-hydrogen) atoms. The standard InChI is InChI=1S/C26H29N3O/c30-25(28-26-15-18-12-19(16-26)14-20(13-18)17-26)11-10-24-27-22-8-4-5-9-23(22)29(24)21-6-2-1-3-7-21/h1-9,18-20H,10-17H2,(H,28,30). The van der Waals surface area contributed by atoms with Crippen molar-refractivity contribution in [3.05, 3.63) is 60.4 Å². The monoisotopic (exact) mass is 399 g/mol. The highest BCUT2D eigenvalue weighted by atomic mass is 16.1. The normalized spacial score (nSPS) is 29.4. The van der Waals surface area contributed by atoms with E-state index in [2.05, 4.69) is 28.1 Å². The average molecular weight is 400 g/mol. The summed E-state index contributed by atoms with van der Waals surface area (Å²) in [5, 5.41) is 3.51. The number of fused-ring (bicyclic) bond motifs is 1. The van der Waals surface area contributed by atoms with Gasteiger partial charge in [-0.3, -0.25) is 9.36 Å². The quantitative estimate of drug-likeness (QED) is 0.653. The molecule has 4 bridgehead atoms. The van der Waals surface area contributed by atoms with E-state index in [9.17, 15) is 4.79 Å². The summed E-state index contributed by atoms with van der Waals surface area (Å²) in [6.07, 6.45) is 8.95. The molecule has 3 aromatic rings. The predicted octanol–water partition coefficient (Wildman–Crippen LogP) is 5.04. The third-order valence-electron chi connectivity index (χ3n) is 7.66. The molecule has 0 spiro atoms. The molecule has 1 amide bonds. The summed E-state index contributed by atoms with van der Waals surface area (Å²) >= 11 is 0. The number of imidazole rings is 1. The number of hydrogen-bond acceptors (Lipinski definition) is 2. The SMILES string of the molecule is O=C(CCc1nc2ccccc2n1-c1ccccc1)NC12CC3CC(CC(C3)C1)C2. The summed E-state index contributed by atoms with van der Waals surface area (Å²) in [5.74, 6) is 3.70. The molecule has 0 unspecified atom stereocenters. The van der Waals surface area contributed by atoms with Gasteiger partial charge in [-0.2, -0.15) is 0 Å². The smallest absolute Gasteiger partial charge is 0.220 e. The molecule has 4 nitrogen and oxygen atoms in total. The zero-order chi connectivity index (χ0) is 20.1. The molecule has 0 radical (unpaired) electrons. The summed E-state index contributed by atoms with van der Waals surface area (Å²) in [7, 11) is 0. The first kappa shape index (κ1) is 18.2. The van der Waals surface area contributed by atoms with Crippen LogP contribution in [0, 0.1) is 17.8 Å². The number of para-hydroxylation sites is 3. The second-order valence-electron chi connectivity index (χ2n) is 9.93. The van der Waals surface area contributed by atoms with Crippen LogP contribution in [-0.2, 0) is 11.2 Å². The molecule has 0 atom stereocenters. The number of hydrogen-bond donors (Lipinski definition) is 1. The molecule has 0 aliphatic heterocycles. The van der Waals surface area contributed by atoms with Crippen molar-refractivity contribution >= 4 is 16.9 Å². The number of benzene rings is 2. The van der Waals surface area contributed by atoms with E-state index in [1.807, 2.05) is 36.4 Å². The first-order valence-electron chi connectivity index (χ1n) is 11.5. The molecule has 1 heterocycles. The number of aryl methyl sites for hydroxylation is 1. The molecule has 154 valence electrons. The Bertz CT molecular complexity index is 1050. The molecule has 7 rings (SSSR count). The van der Waals surface area contributed by atoms with Crippen LogP contribution in [0.15, 0.2) is 54.6 Å². The molecule has 4 fully saturated rings. The van der Waals surface area contributed by atoms with Gasteiger partial charge in [-0.25, -0.2) is 4.98 Å². The fourth-order valence-corrected chi connectivity index (χ4v) is 6.96. The Morgan fingerprint density at radius 2 is 1.57 bits per heavy atom. The zero-order valence-corrected chi connectivity index (χ0v) is 17.4. The average Bonchev–Trinajstić information content (AvgIpc) is 3.10. The molecule has 4 aliphatic carbocycles. The van der Waals surface area contributed by atoms with E-state index in [0.717, 1.165) is 40.3 Å². The number of nitrogens with zero attached hydrogens (tertiary/aromatic N) is 2. The number of rotatable bonds is 5. The van der Waals surface area contributed by atoms with Crippen LogP contribution in [0.3, 0.4) is 0 Å². The molecule has 1 N–H and O–H groups in total. The molecule has 1 aromatic heterocycles. The summed E-state index contributed by atoms with van der Waals surface area (Å²) in [4.78, 5) is 17.9. The van der Waals surface area contributed by atoms with Gasteiger partial charge in [0.1, 0.15) is 5.82 Å². The van der Waals surface area contributed by atoms with Crippen molar-refractivity contribution in [3.63, 3.8) is 0 Å². The predicted molar refractivity (Wildman–Crippen MR) is 118 cm³/mol. The topological polar surface area (TPSA) is 46.9 Å². The van der Waals surface area contributed by atoms with Crippen LogP contribution < -0.4 is 5.32 Å². The third-order valence-corrected chi connectivity index (χ3v) is 7.66. The van der Waals surface area contributed by atoms with Crippen molar-refractivity contribution in [2.24, 2.45) is 17.8 Å². The van der Waals surface area contributed by atoms with Crippen LogP contribution in [0.4, 0.5) is 0 Å². The number of aromatic nitrogens is 2. The third kappa shape index (κ3) is 3.13. The van der Waals surface area contributed by atoms with E-state index in [-0.39, 0.29) is 11.4 Å². The minimum atomic E-state index is 0.0887. The highest BCUT2D eigenvalue weighted by Gasteiger charge is 2.51. The molecule has 4 heteroatoms. The van der Waals surface area contributed by atoms with Crippen molar-refractivity contribution in [1.29, 1.82) is 0 Å². The second-order valence-corrected chi connectivity index (χ2v) is 9.93. The maximum absolute atomic E-state index is 13.0. The molecular formula is C26H29N3O. The van der Waals surface area contributed by atoms with Gasteiger partial charge in [0.2, 0.25) is 5.91 Å². The first-order valence-corrected chi connectivity index (χ1v) is 11.5. The Hall–Kier alpha value is -2.62. The largest absolute Gasteiger partial charge is 0.351 e. The fraction of sp³-hybridized carbons (Fsp3) is 0.462. The van der Waals surface area contributed by atoms with Gasteiger partial charge in [-0.1, -0.05) is 30.3 Å². The van der Waals surface area contributed by atoms with Crippen molar-refractivity contribution in [3.8, 4) is 5.69 Å². The van der Waals surface area contributed by atoms with Gasteiger partial charge in [-0.05, 0) is 80.5 Å². The van der Waals surface area contributed by atoms with Crippen molar-refractivity contribution in [2.75, 3.05) is 0 Å². The van der Waals surface area contributed by atoms with Crippen LogP contribution in [0.2, 0.25) is 0 Å². The Labute approximate surface area is 177 Å². The van der Waals surface area contributed by atoms with Gasteiger partial charge < -0.3 is 5.32 Å². The van der Waals surface area contributed by atoms with Crippen molar-refractivity contribution in [1.82, 2.24) is 14.9 Å². The van der Waals surface area contributed by atoms with E-state index < -0.39 is 0 Å². The summed E-state index contributed by atoms with van der Waals surface area (Å²) in [6, 6.07) is 18.6. The molecular weight excluding hydrogens is 370 g/mol. The van der Waals surface area contributed by atoms with Crippen molar-refractivity contribution in [2.45, 2.75) is 56.9 Å². The molecule has 0 saturated heterocycles. The van der Waals surface area contributed by atoms with E-state index in [4.69, 9.17) is 4.98 Å². The highest BCUT2D eigenvalue weighted by Crippen LogP contribution is 2.55.